The van der Waals surface area contributed by atoms with E-state index in [2.05, 4.69) is 0 Å². The Morgan fingerprint density at radius 2 is 1.57 bits per heavy atom. The lowest BCUT2D eigenvalue weighted by Crippen LogP contribution is -2.49. The van der Waals surface area contributed by atoms with E-state index >= 15 is 0 Å². The average molecular weight is 542 g/mol. The van der Waals surface area contributed by atoms with E-state index in [9.17, 15) is 9.90 Å². The molecule has 3 aromatic carbocycles. The van der Waals surface area contributed by atoms with Gasteiger partial charge in [-0.05, 0) is 36.1 Å². The van der Waals surface area contributed by atoms with Crippen molar-refractivity contribution < 1.29 is 24.1 Å². The monoisotopic (exact) mass is 541 g/mol. The fourth-order valence-corrected chi connectivity index (χ4v) is 5.00. The highest BCUT2D eigenvalue weighted by Crippen LogP contribution is 2.43. The number of pyridine rings is 1. The standard InChI is InChI=1S/C33H35NO6/c35-20-19-34-18-17-29(36)22-28(34)25-40-33(32(16-9-21-39-33)38-24-27-12-5-2-6-13-27)30-14-7-8-15-31(30)37-23-26-10-3-1-4-11-26/h1-8,10-15,17-18,22,32,35H,9,16,19-21,23-25H2. The maximum atomic E-state index is 12.2. The van der Waals surface area contributed by atoms with Gasteiger partial charge in [-0.1, -0.05) is 72.8 Å². The minimum Gasteiger partial charge on any atom is -0.488 e. The number of nitrogens with zero attached hydrogens (tertiary/aromatic N) is 1. The summed E-state index contributed by atoms with van der Waals surface area (Å²) in [5.41, 5.74) is 3.34. The third kappa shape index (κ3) is 6.69. The highest BCUT2D eigenvalue weighted by molar-refractivity contribution is 5.38. The molecule has 5 rings (SSSR count). The van der Waals surface area contributed by atoms with Crippen molar-refractivity contribution in [3.05, 3.63) is 136 Å². The number of benzene rings is 3. The summed E-state index contributed by atoms with van der Waals surface area (Å²) in [6.45, 7) is 1.63. The summed E-state index contributed by atoms with van der Waals surface area (Å²) in [5.74, 6) is -0.640. The van der Waals surface area contributed by atoms with Crippen LogP contribution in [0.3, 0.4) is 0 Å². The van der Waals surface area contributed by atoms with Crippen LogP contribution in [0.25, 0.3) is 0 Å². The molecule has 0 radical (unpaired) electrons. The lowest BCUT2D eigenvalue weighted by molar-refractivity contribution is -0.327. The van der Waals surface area contributed by atoms with E-state index in [1.165, 1.54) is 12.1 Å². The van der Waals surface area contributed by atoms with Gasteiger partial charge in [0, 0.05) is 30.6 Å². The largest absolute Gasteiger partial charge is 0.488 e. The predicted octanol–water partition coefficient (Wildman–Crippen LogP) is 5.19. The van der Waals surface area contributed by atoms with Gasteiger partial charge >= 0.3 is 0 Å². The summed E-state index contributed by atoms with van der Waals surface area (Å²) in [4.78, 5) is 12.2. The summed E-state index contributed by atoms with van der Waals surface area (Å²) >= 11 is 0. The van der Waals surface area contributed by atoms with Gasteiger partial charge < -0.3 is 28.6 Å². The number of para-hydroxylation sites is 1. The molecule has 1 saturated heterocycles. The molecule has 1 aliphatic rings. The second kappa shape index (κ2) is 13.5. The van der Waals surface area contributed by atoms with Crippen molar-refractivity contribution in [3.8, 4) is 5.75 Å². The molecule has 0 amide bonds. The van der Waals surface area contributed by atoms with Crippen LogP contribution in [0.2, 0.25) is 0 Å². The lowest BCUT2D eigenvalue weighted by atomic mass is 9.93. The van der Waals surface area contributed by atoms with E-state index in [0.29, 0.717) is 37.8 Å². The fourth-order valence-electron chi connectivity index (χ4n) is 5.00. The minimum absolute atomic E-state index is 0.0590. The number of aliphatic hydroxyl groups excluding tert-OH is 1. The van der Waals surface area contributed by atoms with Gasteiger partial charge in [0.1, 0.15) is 18.5 Å². The molecular weight excluding hydrogens is 506 g/mol. The molecule has 1 aromatic heterocycles. The lowest BCUT2D eigenvalue weighted by Gasteiger charge is -2.44. The van der Waals surface area contributed by atoms with E-state index in [1.54, 1.807) is 6.20 Å². The van der Waals surface area contributed by atoms with Gasteiger partial charge in [-0.15, -0.1) is 0 Å². The molecule has 208 valence electrons. The first-order valence-electron chi connectivity index (χ1n) is 13.7. The molecule has 0 aliphatic carbocycles. The Hall–Kier alpha value is -3.75. The summed E-state index contributed by atoms with van der Waals surface area (Å²) in [7, 11) is 0. The molecule has 2 unspecified atom stereocenters. The third-order valence-electron chi connectivity index (χ3n) is 7.02. The molecule has 7 heteroatoms. The maximum Gasteiger partial charge on any atom is 0.226 e. The Morgan fingerprint density at radius 3 is 2.33 bits per heavy atom. The number of ether oxygens (including phenoxy) is 4. The number of hydrogen-bond acceptors (Lipinski definition) is 6. The van der Waals surface area contributed by atoms with Gasteiger partial charge in [0.25, 0.3) is 0 Å². The summed E-state index contributed by atoms with van der Waals surface area (Å²) in [6, 6.07) is 30.7. The van der Waals surface area contributed by atoms with E-state index in [4.69, 9.17) is 18.9 Å². The van der Waals surface area contributed by atoms with Gasteiger partial charge in [0.05, 0.1) is 32.0 Å². The molecule has 1 fully saturated rings. The van der Waals surface area contributed by atoms with Gasteiger partial charge in [-0.3, -0.25) is 4.79 Å². The second-order valence-corrected chi connectivity index (χ2v) is 9.77. The van der Waals surface area contributed by atoms with Gasteiger partial charge in [0.2, 0.25) is 5.79 Å². The zero-order valence-corrected chi connectivity index (χ0v) is 22.5. The van der Waals surface area contributed by atoms with Crippen LogP contribution >= 0.6 is 0 Å². The quantitative estimate of drug-likeness (QED) is 0.266. The van der Waals surface area contributed by atoms with Crippen molar-refractivity contribution >= 4 is 0 Å². The molecule has 0 spiro atoms. The second-order valence-electron chi connectivity index (χ2n) is 9.77. The first kappa shape index (κ1) is 27.8. The molecule has 40 heavy (non-hydrogen) atoms. The Balaban J connectivity index is 1.50. The van der Waals surface area contributed by atoms with Crippen LogP contribution in [-0.2, 0) is 46.4 Å². The first-order chi connectivity index (χ1) is 19.7. The van der Waals surface area contributed by atoms with Crippen LogP contribution in [-0.4, -0.2) is 29.0 Å². The number of aromatic nitrogens is 1. The fraction of sp³-hybridized carbons (Fsp3) is 0.303. The van der Waals surface area contributed by atoms with Crippen molar-refractivity contribution in [2.24, 2.45) is 0 Å². The Bertz CT molecular complexity index is 1410. The van der Waals surface area contributed by atoms with Crippen LogP contribution in [0.5, 0.6) is 5.75 Å². The van der Waals surface area contributed by atoms with Gasteiger partial charge in [0.15, 0.2) is 5.43 Å². The van der Waals surface area contributed by atoms with Gasteiger partial charge in [-0.2, -0.15) is 0 Å². The molecule has 1 aliphatic heterocycles. The minimum atomic E-state index is -1.28. The van der Waals surface area contributed by atoms with E-state index in [1.807, 2.05) is 89.5 Å². The Labute approximate surface area is 234 Å². The zero-order chi connectivity index (χ0) is 27.6. The molecule has 1 N–H and O–H groups in total. The molecular formula is C33H35NO6. The van der Waals surface area contributed by atoms with Crippen LogP contribution in [0.1, 0.15) is 35.2 Å². The van der Waals surface area contributed by atoms with Gasteiger partial charge in [-0.25, -0.2) is 0 Å². The van der Waals surface area contributed by atoms with Crippen LogP contribution in [0, 0.1) is 0 Å². The van der Waals surface area contributed by atoms with Crippen molar-refractivity contribution in [1.29, 1.82) is 0 Å². The summed E-state index contributed by atoms with van der Waals surface area (Å²) < 4.78 is 27.9. The predicted molar refractivity (Wildman–Crippen MR) is 152 cm³/mol. The molecule has 4 aromatic rings. The SMILES string of the molecule is O=c1ccn(CCO)c(COC2(c3ccccc3OCc3ccccc3)OCCCC2OCc2ccccc2)c1. The Morgan fingerprint density at radius 1 is 0.875 bits per heavy atom. The normalized spacial score (nSPS) is 18.9. The third-order valence-corrected chi connectivity index (χ3v) is 7.02. The highest BCUT2D eigenvalue weighted by atomic mass is 16.7. The number of aliphatic hydroxyl groups is 1. The number of rotatable bonds is 12. The average Bonchev–Trinajstić information content (AvgIpc) is 3.01. The van der Waals surface area contributed by atoms with Crippen LogP contribution in [0.4, 0.5) is 0 Å². The first-order valence-corrected chi connectivity index (χ1v) is 13.7. The molecule has 2 atom stereocenters. The van der Waals surface area contributed by atoms with E-state index in [-0.39, 0.29) is 18.6 Å². The van der Waals surface area contributed by atoms with Crippen LogP contribution in [0.15, 0.2) is 108 Å². The van der Waals surface area contributed by atoms with E-state index in [0.717, 1.165) is 29.5 Å². The molecule has 2 heterocycles. The highest BCUT2D eigenvalue weighted by Gasteiger charge is 2.48. The van der Waals surface area contributed by atoms with Crippen molar-refractivity contribution in [2.45, 2.75) is 51.1 Å². The topological polar surface area (TPSA) is 79.2 Å². The van der Waals surface area contributed by atoms with Crippen molar-refractivity contribution in [2.75, 3.05) is 13.2 Å². The summed E-state index contributed by atoms with van der Waals surface area (Å²) in [5, 5.41) is 9.57. The smallest absolute Gasteiger partial charge is 0.226 e. The molecule has 0 saturated carbocycles. The van der Waals surface area contributed by atoms with Crippen molar-refractivity contribution in [1.82, 2.24) is 4.57 Å². The van der Waals surface area contributed by atoms with E-state index < -0.39 is 11.9 Å². The zero-order valence-electron chi connectivity index (χ0n) is 22.5. The molecule has 0 bridgehead atoms. The number of hydrogen-bond donors (Lipinski definition) is 1. The summed E-state index contributed by atoms with van der Waals surface area (Å²) in [6.07, 6.45) is 2.77. The maximum absolute atomic E-state index is 12.2. The Kier molecular flexibility index (Phi) is 9.42. The van der Waals surface area contributed by atoms with Crippen LogP contribution < -0.4 is 10.2 Å². The molecule has 7 nitrogen and oxygen atoms in total. The van der Waals surface area contributed by atoms with Crippen molar-refractivity contribution in [3.63, 3.8) is 0 Å².